The molecule has 46 valence electrons. The molecule has 0 aromatic heterocycles. The van der Waals surface area contributed by atoms with E-state index in [-0.39, 0.29) is 0 Å². The van der Waals surface area contributed by atoms with E-state index in [1.165, 1.54) is 18.6 Å². The molecule has 0 saturated heterocycles. The first-order valence-electron chi connectivity index (χ1n) is 3.42. The van der Waals surface area contributed by atoms with Gasteiger partial charge < -0.3 is 0 Å². The van der Waals surface area contributed by atoms with Gasteiger partial charge in [-0.1, -0.05) is 12.2 Å². The molecule has 2 aliphatic rings. The fourth-order valence-electron chi connectivity index (χ4n) is 1.37. The number of allylic oxidation sites excluding steroid dienone is 3. The van der Waals surface area contributed by atoms with Gasteiger partial charge in [0.25, 0.3) is 0 Å². The maximum absolute atomic E-state index is 3.24. The van der Waals surface area contributed by atoms with Gasteiger partial charge in [-0.25, -0.2) is 4.99 Å². The van der Waals surface area contributed by atoms with Gasteiger partial charge in [0.2, 0.25) is 0 Å². The summed E-state index contributed by atoms with van der Waals surface area (Å²) < 4.78 is 0. The van der Waals surface area contributed by atoms with Gasteiger partial charge in [0.05, 0.1) is 5.92 Å². The zero-order valence-corrected chi connectivity index (χ0v) is 5.30. The van der Waals surface area contributed by atoms with Crippen LogP contribution in [0.2, 0.25) is 0 Å². The molecule has 1 atom stereocenters. The van der Waals surface area contributed by atoms with Crippen LogP contribution in [0.25, 0.3) is 0 Å². The fraction of sp³-hybridized carbons (Fsp3) is 0.375. The minimum absolute atomic E-state index is 0.610. The van der Waals surface area contributed by atoms with E-state index in [1.807, 2.05) is 6.20 Å². The lowest BCUT2D eigenvalue weighted by Gasteiger charge is -2.04. The Bertz CT molecular complexity index is 199. The Hall–Kier alpha value is -0.850. The highest BCUT2D eigenvalue weighted by Crippen LogP contribution is 2.13. The second-order valence-electron chi connectivity index (χ2n) is 2.52. The monoisotopic (exact) mass is 120 g/mol. The van der Waals surface area contributed by atoms with E-state index in [2.05, 4.69) is 23.2 Å². The molecule has 1 heteroatoms. The molecule has 1 aliphatic heterocycles. The Morgan fingerprint density at radius 3 is 3.33 bits per heavy atom. The second-order valence-corrected chi connectivity index (χ2v) is 2.52. The van der Waals surface area contributed by atoms with Crippen LogP contribution >= 0.6 is 0 Å². The highest BCUT2D eigenvalue weighted by molar-refractivity contribution is 5.87. The SMILES string of the molecule is C1=CC2C=C[NH+]=C2CC1. The van der Waals surface area contributed by atoms with Crippen molar-refractivity contribution in [1.29, 1.82) is 0 Å². The zero-order valence-electron chi connectivity index (χ0n) is 5.30. The van der Waals surface area contributed by atoms with Crippen molar-refractivity contribution in [2.75, 3.05) is 0 Å². The van der Waals surface area contributed by atoms with E-state index in [0.717, 1.165) is 0 Å². The van der Waals surface area contributed by atoms with Crippen LogP contribution in [0.5, 0.6) is 0 Å². The quantitative estimate of drug-likeness (QED) is 0.433. The molecular weight excluding hydrogens is 110 g/mol. The first-order valence-corrected chi connectivity index (χ1v) is 3.42. The van der Waals surface area contributed by atoms with Crippen LogP contribution in [0.4, 0.5) is 0 Å². The maximum atomic E-state index is 3.24. The van der Waals surface area contributed by atoms with Gasteiger partial charge in [-0.2, -0.15) is 0 Å². The lowest BCUT2D eigenvalue weighted by molar-refractivity contribution is -0.371. The lowest BCUT2D eigenvalue weighted by Crippen LogP contribution is -2.64. The van der Waals surface area contributed by atoms with Crippen LogP contribution in [0.3, 0.4) is 0 Å². The Labute approximate surface area is 54.8 Å². The minimum Gasteiger partial charge on any atom is -0.218 e. The Morgan fingerprint density at radius 1 is 1.44 bits per heavy atom. The van der Waals surface area contributed by atoms with E-state index in [4.69, 9.17) is 0 Å². The topological polar surface area (TPSA) is 14.0 Å². The molecule has 9 heavy (non-hydrogen) atoms. The fourth-order valence-corrected chi connectivity index (χ4v) is 1.37. The summed E-state index contributed by atoms with van der Waals surface area (Å²) in [5, 5.41) is 0. The predicted octanol–water partition coefficient (Wildman–Crippen LogP) is 0.00150. The van der Waals surface area contributed by atoms with Crippen LogP contribution in [-0.2, 0) is 0 Å². The molecule has 0 spiro atoms. The van der Waals surface area contributed by atoms with Crippen LogP contribution in [0, 0.1) is 5.92 Å². The van der Waals surface area contributed by atoms with E-state index in [0.29, 0.717) is 5.92 Å². The lowest BCUT2D eigenvalue weighted by atomic mass is 9.95. The van der Waals surface area contributed by atoms with E-state index in [9.17, 15) is 0 Å². The molecule has 0 fully saturated rings. The Morgan fingerprint density at radius 2 is 2.44 bits per heavy atom. The molecule has 2 rings (SSSR count). The smallest absolute Gasteiger partial charge is 0.167 e. The molecule has 1 aliphatic carbocycles. The molecular formula is C8H10N+. The van der Waals surface area contributed by atoms with Gasteiger partial charge >= 0.3 is 0 Å². The van der Waals surface area contributed by atoms with Crippen molar-refractivity contribution < 1.29 is 4.99 Å². The molecule has 0 saturated carbocycles. The third-order valence-electron chi connectivity index (χ3n) is 1.90. The van der Waals surface area contributed by atoms with Crippen molar-refractivity contribution in [2.45, 2.75) is 12.8 Å². The summed E-state index contributed by atoms with van der Waals surface area (Å²) in [5.74, 6) is 0.610. The highest BCUT2D eigenvalue weighted by atomic mass is 14.7. The number of nitrogens with one attached hydrogen (secondary N) is 1. The molecule has 1 N–H and O–H groups in total. The molecule has 0 bridgehead atoms. The summed E-state index contributed by atoms with van der Waals surface area (Å²) >= 11 is 0. The molecule has 0 aromatic carbocycles. The molecule has 0 aromatic rings. The number of hydrogen-bond acceptors (Lipinski definition) is 0. The average molecular weight is 120 g/mol. The van der Waals surface area contributed by atoms with Crippen molar-refractivity contribution in [3.63, 3.8) is 0 Å². The second kappa shape index (κ2) is 1.83. The zero-order chi connectivity index (χ0) is 6.10. The maximum Gasteiger partial charge on any atom is 0.167 e. The number of hydrogen-bond donors (Lipinski definition) is 1. The summed E-state index contributed by atoms with van der Waals surface area (Å²) in [5.41, 5.74) is 1.47. The summed E-state index contributed by atoms with van der Waals surface area (Å²) in [4.78, 5) is 3.24. The van der Waals surface area contributed by atoms with Crippen molar-refractivity contribution in [3.8, 4) is 0 Å². The largest absolute Gasteiger partial charge is 0.218 e. The van der Waals surface area contributed by atoms with Crippen molar-refractivity contribution in [1.82, 2.24) is 0 Å². The van der Waals surface area contributed by atoms with Crippen molar-refractivity contribution in [2.24, 2.45) is 5.92 Å². The van der Waals surface area contributed by atoms with Crippen LogP contribution < -0.4 is 4.99 Å². The summed E-state index contributed by atoms with van der Waals surface area (Å²) in [6.07, 6.45) is 11.2. The predicted molar refractivity (Wildman–Crippen MR) is 37.0 cm³/mol. The van der Waals surface area contributed by atoms with Crippen LogP contribution in [0.15, 0.2) is 24.4 Å². The summed E-state index contributed by atoms with van der Waals surface area (Å²) in [6, 6.07) is 0. The molecule has 1 heterocycles. The highest BCUT2D eigenvalue weighted by Gasteiger charge is 2.21. The Kier molecular flexibility index (Phi) is 1.01. The summed E-state index contributed by atoms with van der Waals surface area (Å²) in [7, 11) is 0. The van der Waals surface area contributed by atoms with Gasteiger partial charge in [-0.3, -0.25) is 0 Å². The van der Waals surface area contributed by atoms with Gasteiger partial charge in [-0.05, 0) is 12.5 Å². The third-order valence-corrected chi connectivity index (χ3v) is 1.90. The van der Waals surface area contributed by atoms with Gasteiger partial charge in [0.1, 0.15) is 0 Å². The third kappa shape index (κ3) is 0.727. The van der Waals surface area contributed by atoms with Crippen molar-refractivity contribution in [3.05, 3.63) is 24.4 Å². The van der Waals surface area contributed by atoms with E-state index >= 15 is 0 Å². The van der Waals surface area contributed by atoms with Crippen LogP contribution in [-0.4, -0.2) is 5.71 Å². The van der Waals surface area contributed by atoms with Gasteiger partial charge in [0, 0.05) is 6.42 Å². The Balaban J connectivity index is 2.31. The van der Waals surface area contributed by atoms with E-state index in [1.54, 1.807) is 0 Å². The first kappa shape index (κ1) is 4.98. The standard InChI is InChI=1S/C8H9N/c1-2-4-8-7(3-1)5-6-9-8/h1,3,5-7H,2,4H2/p+1. The van der Waals surface area contributed by atoms with Gasteiger partial charge in [-0.15, -0.1) is 0 Å². The average Bonchev–Trinajstić information content (AvgIpc) is 2.33. The number of rotatable bonds is 0. The minimum atomic E-state index is 0.610. The van der Waals surface area contributed by atoms with Crippen molar-refractivity contribution >= 4 is 5.71 Å². The van der Waals surface area contributed by atoms with E-state index < -0.39 is 0 Å². The summed E-state index contributed by atoms with van der Waals surface area (Å²) in [6.45, 7) is 0. The molecule has 1 unspecified atom stereocenters. The molecule has 0 amide bonds. The molecule has 0 radical (unpaired) electrons. The number of fused-ring (bicyclic) bond motifs is 1. The molecule has 1 nitrogen and oxygen atoms in total. The first-order chi connectivity index (χ1) is 4.47. The normalized spacial score (nSPS) is 30.2. The van der Waals surface area contributed by atoms with Gasteiger partial charge in [0.15, 0.2) is 11.9 Å². The van der Waals surface area contributed by atoms with Crippen LogP contribution in [0.1, 0.15) is 12.8 Å².